The minimum absolute atomic E-state index is 0.274. The van der Waals surface area contributed by atoms with Gasteiger partial charge in [-0.15, -0.1) is 0 Å². The molecule has 2 nitrogen and oxygen atoms in total. The lowest BCUT2D eigenvalue weighted by atomic mass is 10.1. The van der Waals surface area contributed by atoms with E-state index in [0.717, 1.165) is 0 Å². The summed E-state index contributed by atoms with van der Waals surface area (Å²) >= 11 is 11.6. The van der Waals surface area contributed by atoms with E-state index in [1.807, 2.05) is 0 Å². The van der Waals surface area contributed by atoms with Gasteiger partial charge < -0.3 is 4.74 Å². The number of rotatable bonds is 3. The molecule has 1 rings (SSSR count). The topological polar surface area (TPSA) is 26.3 Å². The highest BCUT2D eigenvalue weighted by Gasteiger charge is 2.11. The lowest BCUT2D eigenvalue weighted by Crippen LogP contribution is -2.05. The Hall–Kier alpha value is -0.990. The van der Waals surface area contributed by atoms with Crippen molar-refractivity contribution in [1.82, 2.24) is 0 Å². The maximum absolute atomic E-state index is 11.3. The van der Waals surface area contributed by atoms with Crippen molar-refractivity contribution in [3.8, 4) is 0 Å². The molecule has 0 heterocycles. The Labute approximate surface area is 98.4 Å². The van der Waals surface area contributed by atoms with Crippen molar-refractivity contribution >= 4 is 34.7 Å². The average Bonchev–Trinajstić information content (AvgIpc) is 2.21. The van der Waals surface area contributed by atoms with Gasteiger partial charge in [-0.25, -0.2) is 4.79 Å². The van der Waals surface area contributed by atoms with Crippen molar-refractivity contribution in [2.45, 2.75) is 6.92 Å². The Balaban J connectivity index is 2.92. The van der Waals surface area contributed by atoms with Crippen LogP contribution in [0, 0.1) is 0 Å². The summed E-state index contributed by atoms with van der Waals surface area (Å²) in [7, 11) is 0. The van der Waals surface area contributed by atoms with Crippen molar-refractivity contribution in [2.24, 2.45) is 0 Å². The molecular formula is C11H10Cl2O2. The molecule has 4 heteroatoms. The Bertz CT molecular complexity index is 400. The molecule has 80 valence electrons. The van der Waals surface area contributed by atoms with Crippen LogP contribution in [0.3, 0.4) is 0 Å². The van der Waals surface area contributed by atoms with Gasteiger partial charge in [0.1, 0.15) is 0 Å². The van der Waals surface area contributed by atoms with Gasteiger partial charge in [0.2, 0.25) is 0 Å². The van der Waals surface area contributed by atoms with Crippen LogP contribution in [0.1, 0.15) is 12.5 Å². The molecule has 0 fully saturated rings. The highest BCUT2D eigenvalue weighted by Crippen LogP contribution is 2.25. The van der Waals surface area contributed by atoms with Crippen molar-refractivity contribution < 1.29 is 9.53 Å². The number of carbonyl (C=O) groups is 1. The summed E-state index contributed by atoms with van der Waals surface area (Å²) in [5.41, 5.74) is 0.887. The molecule has 0 spiro atoms. The summed E-state index contributed by atoms with van der Waals surface area (Å²) in [5, 5.41) is 0.830. The van der Waals surface area contributed by atoms with Gasteiger partial charge in [-0.1, -0.05) is 35.8 Å². The Kier molecular flexibility index (Phi) is 4.18. The van der Waals surface area contributed by atoms with Gasteiger partial charge in [-0.05, 0) is 24.6 Å². The first-order valence-corrected chi connectivity index (χ1v) is 5.13. The molecule has 0 aliphatic carbocycles. The van der Waals surface area contributed by atoms with E-state index < -0.39 is 5.97 Å². The fourth-order valence-corrected chi connectivity index (χ4v) is 1.32. The zero-order valence-corrected chi connectivity index (χ0v) is 9.73. The first-order valence-electron chi connectivity index (χ1n) is 4.37. The summed E-state index contributed by atoms with van der Waals surface area (Å²) in [6.45, 7) is 5.69. The number of hydrogen-bond donors (Lipinski definition) is 0. The number of ether oxygens (including phenoxy) is 1. The van der Waals surface area contributed by atoms with Gasteiger partial charge in [-0.2, -0.15) is 0 Å². The lowest BCUT2D eigenvalue weighted by molar-refractivity contribution is -0.136. The number of benzene rings is 1. The summed E-state index contributed by atoms with van der Waals surface area (Å²) < 4.78 is 4.81. The number of halogens is 2. The molecule has 0 amide bonds. The smallest absolute Gasteiger partial charge is 0.338 e. The summed E-state index contributed by atoms with van der Waals surface area (Å²) in [4.78, 5) is 11.3. The molecule has 0 unspecified atom stereocenters. The third-order valence-corrected chi connectivity index (χ3v) is 2.53. The highest BCUT2D eigenvalue weighted by molar-refractivity contribution is 6.42. The van der Waals surface area contributed by atoms with Crippen LogP contribution in [-0.4, -0.2) is 12.6 Å². The first kappa shape index (κ1) is 12.1. The van der Waals surface area contributed by atoms with Crippen LogP contribution in [0.25, 0.3) is 5.57 Å². The van der Waals surface area contributed by atoms with Crippen LogP contribution in [0.2, 0.25) is 10.0 Å². The SMILES string of the molecule is C=C(C(=O)OCC)c1ccc(Cl)c(Cl)c1. The van der Waals surface area contributed by atoms with Gasteiger partial charge in [0.05, 0.1) is 22.2 Å². The zero-order valence-electron chi connectivity index (χ0n) is 8.22. The molecule has 0 saturated carbocycles. The summed E-state index contributed by atoms with van der Waals surface area (Å²) in [6, 6.07) is 4.88. The second-order valence-electron chi connectivity index (χ2n) is 2.83. The number of hydrogen-bond acceptors (Lipinski definition) is 2. The van der Waals surface area contributed by atoms with E-state index in [1.165, 1.54) is 0 Å². The predicted octanol–water partition coefficient (Wildman–Crippen LogP) is 3.57. The number of esters is 1. The standard InChI is InChI=1S/C11H10Cl2O2/c1-3-15-11(14)7(2)8-4-5-9(12)10(13)6-8/h4-6H,2-3H2,1H3. The van der Waals surface area contributed by atoms with Crippen LogP contribution in [0.15, 0.2) is 24.8 Å². The quantitative estimate of drug-likeness (QED) is 0.601. The molecule has 0 aliphatic heterocycles. The van der Waals surface area contributed by atoms with E-state index in [-0.39, 0.29) is 5.57 Å². The summed E-state index contributed by atoms with van der Waals surface area (Å²) in [5.74, 6) is -0.448. The monoisotopic (exact) mass is 244 g/mol. The molecular weight excluding hydrogens is 235 g/mol. The van der Waals surface area contributed by atoms with Crippen LogP contribution in [-0.2, 0) is 9.53 Å². The molecule has 1 aromatic rings. The van der Waals surface area contributed by atoms with Crippen molar-refractivity contribution in [2.75, 3.05) is 6.61 Å². The first-order chi connectivity index (χ1) is 7.06. The highest BCUT2D eigenvalue weighted by atomic mass is 35.5. The third-order valence-electron chi connectivity index (χ3n) is 1.79. The number of carbonyl (C=O) groups excluding carboxylic acids is 1. The van der Waals surface area contributed by atoms with Gasteiger partial charge in [0.15, 0.2) is 0 Å². The molecule has 0 aromatic heterocycles. The van der Waals surface area contributed by atoms with Gasteiger partial charge in [0.25, 0.3) is 0 Å². The predicted molar refractivity (Wildman–Crippen MR) is 62.1 cm³/mol. The molecule has 0 N–H and O–H groups in total. The van der Waals surface area contributed by atoms with E-state index in [0.29, 0.717) is 22.2 Å². The molecule has 0 radical (unpaired) electrons. The van der Waals surface area contributed by atoms with E-state index in [2.05, 4.69) is 6.58 Å². The van der Waals surface area contributed by atoms with E-state index in [4.69, 9.17) is 27.9 Å². The van der Waals surface area contributed by atoms with Crippen LogP contribution >= 0.6 is 23.2 Å². The second kappa shape index (κ2) is 5.19. The largest absolute Gasteiger partial charge is 0.462 e. The van der Waals surface area contributed by atoms with E-state index in [9.17, 15) is 4.79 Å². The van der Waals surface area contributed by atoms with Crippen LogP contribution in [0.5, 0.6) is 0 Å². The molecule has 0 atom stereocenters. The Morgan fingerprint density at radius 1 is 1.40 bits per heavy atom. The van der Waals surface area contributed by atoms with Crippen molar-refractivity contribution in [3.05, 3.63) is 40.4 Å². The molecule has 0 aliphatic rings. The third kappa shape index (κ3) is 2.98. The molecule has 0 bridgehead atoms. The molecule has 15 heavy (non-hydrogen) atoms. The van der Waals surface area contributed by atoms with Crippen LogP contribution < -0.4 is 0 Å². The van der Waals surface area contributed by atoms with E-state index in [1.54, 1.807) is 25.1 Å². The van der Waals surface area contributed by atoms with Crippen molar-refractivity contribution in [1.29, 1.82) is 0 Å². The minimum Gasteiger partial charge on any atom is -0.462 e. The second-order valence-corrected chi connectivity index (χ2v) is 3.64. The average molecular weight is 245 g/mol. The minimum atomic E-state index is -0.448. The Morgan fingerprint density at radius 2 is 2.07 bits per heavy atom. The Morgan fingerprint density at radius 3 is 2.60 bits per heavy atom. The normalized spacial score (nSPS) is 9.80. The lowest BCUT2D eigenvalue weighted by Gasteiger charge is -2.06. The van der Waals surface area contributed by atoms with Gasteiger partial charge >= 0.3 is 5.97 Å². The van der Waals surface area contributed by atoms with Gasteiger partial charge in [0, 0.05) is 0 Å². The fourth-order valence-electron chi connectivity index (χ4n) is 1.02. The molecule has 1 aromatic carbocycles. The molecule has 0 saturated heterocycles. The summed E-state index contributed by atoms with van der Waals surface area (Å²) in [6.07, 6.45) is 0. The fraction of sp³-hybridized carbons (Fsp3) is 0.182. The van der Waals surface area contributed by atoms with E-state index >= 15 is 0 Å². The van der Waals surface area contributed by atoms with Crippen molar-refractivity contribution in [3.63, 3.8) is 0 Å². The maximum atomic E-state index is 11.3. The van der Waals surface area contributed by atoms with Crippen LogP contribution in [0.4, 0.5) is 0 Å². The zero-order chi connectivity index (χ0) is 11.4. The maximum Gasteiger partial charge on any atom is 0.338 e. The van der Waals surface area contributed by atoms with Gasteiger partial charge in [-0.3, -0.25) is 0 Å².